The minimum atomic E-state index is 0.507. The van der Waals surface area contributed by atoms with E-state index in [-0.39, 0.29) is 0 Å². The third-order valence-corrected chi connectivity index (χ3v) is 6.20. The maximum atomic E-state index is 6.36. The largest absolute Gasteiger partial charge is 0.309 e. The number of fused-ring (bicyclic) bond motifs is 2. The standard InChI is InChI=1S/C15H22ClNS/c1-2-6-17-14(15-13(16)5-7-18-15)12-9-10-3-4-11(12)8-10/h5,7,10-12,14,17H,2-4,6,8-9H2,1H3. The number of hydrogen-bond donors (Lipinski definition) is 1. The molecule has 2 aliphatic rings. The van der Waals surface area contributed by atoms with Crippen molar-refractivity contribution in [1.82, 2.24) is 5.32 Å². The SMILES string of the molecule is CCCNC(c1sccc1Cl)C1CC2CCC1C2. The summed E-state index contributed by atoms with van der Waals surface area (Å²) >= 11 is 8.19. The van der Waals surface area contributed by atoms with Crippen molar-refractivity contribution in [3.63, 3.8) is 0 Å². The Balaban J connectivity index is 1.79. The summed E-state index contributed by atoms with van der Waals surface area (Å²) in [5.41, 5.74) is 0. The highest BCUT2D eigenvalue weighted by Gasteiger charge is 2.43. The van der Waals surface area contributed by atoms with Crippen LogP contribution >= 0.6 is 22.9 Å². The van der Waals surface area contributed by atoms with E-state index in [4.69, 9.17) is 11.6 Å². The maximum Gasteiger partial charge on any atom is 0.0561 e. The van der Waals surface area contributed by atoms with Crippen LogP contribution in [0.5, 0.6) is 0 Å². The van der Waals surface area contributed by atoms with Gasteiger partial charge in [0.15, 0.2) is 0 Å². The Morgan fingerprint density at radius 2 is 2.33 bits per heavy atom. The van der Waals surface area contributed by atoms with Crippen molar-refractivity contribution in [2.24, 2.45) is 17.8 Å². The molecule has 0 saturated heterocycles. The van der Waals surface area contributed by atoms with E-state index in [0.717, 1.165) is 29.3 Å². The molecule has 0 aromatic carbocycles. The van der Waals surface area contributed by atoms with Gasteiger partial charge in [0, 0.05) is 10.9 Å². The Morgan fingerprint density at radius 1 is 1.44 bits per heavy atom. The van der Waals surface area contributed by atoms with Gasteiger partial charge in [-0.05, 0) is 61.4 Å². The summed E-state index contributed by atoms with van der Waals surface area (Å²) in [6, 6.07) is 2.56. The first-order valence-corrected chi connectivity index (χ1v) is 8.51. The quantitative estimate of drug-likeness (QED) is 0.812. The topological polar surface area (TPSA) is 12.0 Å². The number of nitrogens with one attached hydrogen (secondary N) is 1. The van der Waals surface area contributed by atoms with Crippen LogP contribution in [0.25, 0.3) is 0 Å². The van der Waals surface area contributed by atoms with E-state index in [0.29, 0.717) is 6.04 Å². The summed E-state index contributed by atoms with van der Waals surface area (Å²) in [5.74, 6) is 2.78. The number of thiophene rings is 1. The van der Waals surface area contributed by atoms with Crippen LogP contribution in [0.4, 0.5) is 0 Å². The van der Waals surface area contributed by atoms with Gasteiger partial charge in [0.25, 0.3) is 0 Å². The summed E-state index contributed by atoms with van der Waals surface area (Å²) in [6.45, 7) is 3.34. The van der Waals surface area contributed by atoms with E-state index in [9.17, 15) is 0 Å². The van der Waals surface area contributed by atoms with Gasteiger partial charge in [-0.3, -0.25) is 0 Å². The molecule has 2 fully saturated rings. The van der Waals surface area contributed by atoms with E-state index < -0.39 is 0 Å². The van der Waals surface area contributed by atoms with Gasteiger partial charge in [-0.1, -0.05) is 24.9 Å². The van der Waals surface area contributed by atoms with Crippen LogP contribution in [0.15, 0.2) is 11.4 Å². The lowest BCUT2D eigenvalue weighted by Gasteiger charge is -2.31. The van der Waals surface area contributed by atoms with E-state index >= 15 is 0 Å². The van der Waals surface area contributed by atoms with Crippen LogP contribution in [-0.4, -0.2) is 6.54 Å². The first-order chi connectivity index (χ1) is 8.79. The molecule has 18 heavy (non-hydrogen) atoms. The van der Waals surface area contributed by atoms with Gasteiger partial charge in [-0.25, -0.2) is 0 Å². The van der Waals surface area contributed by atoms with Crippen molar-refractivity contribution >= 4 is 22.9 Å². The van der Waals surface area contributed by atoms with E-state index in [1.165, 1.54) is 37.0 Å². The summed E-state index contributed by atoms with van der Waals surface area (Å²) in [4.78, 5) is 1.38. The van der Waals surface area contributed by atoms with Crippen molar-refractivity contribution in [3.05, 3.63) is 21.3 Å². The van der Waals surface area contributed by atoms with E-state index in [2.05, 4.69) is 23.7 Å². The molecule has 2 aliphatic carbocycles. The summed E-state index contributed by atoms with van der Waals surface area (Å²) in [6.07, 6.45) is 7.00. The zero-order valence-corrected chi connectivity index (χ0v) is 12.6. The van der Waals surface area contributed by atoms with Crippen molar-refractivity contribution in [3.8, 4) is 0 Å². The van der Waals surface area contributed by atoms with Crippen LogP contribution < -0.4 is 5.32 Å². The molecule has 0 amide bonds. The third-order valence-electron chi connectivity index (χ3n) is 4.76. The highest BCUT2D eigenvalue weighted by Crippen LogP contribution is 2.53. The zero-order valence-electron chi connectivity index (χ0n) is 11.0. The van der Waals surface area contributed by atoms with Crippen molar-refractivity contribution < 1.29 is 0 Å². The lowest BCUT2D eigenvalue weighted by atomic mass is 9.82. The highest BCUT2D eigenvalue weighted by atomic mass is 35.5. The molecule has 2 saturated carbocycles. The van der Waals surface area contributed by atoms with E-state index in [1.54, 1.807) is 0 Å². The molecule has 2 bridgehead atoms. The van der Waals surface area contributed by atoms with Crippen molar-refractivity contribution in [2.45, 2.75) is 45.1 Å². The molecule has 0 spiro atoms. The molecular formula is C15H22ClNS. The van der Waals surface area contributed by atoms with Gasteiger partial charge in [0.2, 0.25) is 0 Å². The summed E-state index contributed by atoms with van der Waals surface area (Å²) in [7, 11) is 0. The normalized spacial score (nSPS) is 32.0. The second kappa shape index (κ2) is 5.52. The first-order valence-electron chi connectivity index (χ1n) is 7.25. The van der Waals surface area contributed by atoms with Crippen LogP contribution in [0.3, 0.4) is 0 Å². The molecule has 4 unspecified atom stereocenters. The predicted octanol–water partition coefficient (Wildman–Crippen LogP) is 4.88. The molecule has 1 nitrogen and oxygen atoms in total. The summed E-state index contributed by atoms with van der Waals surface area (Å²) in [5, 5.41) is 6.86. The minimum absolute atomic E-state index is 0.507. The predicted molar refractivity (Wildman–Crippen MR) is 79.3 cm³/mol. The molecule has 0 aliphatic heterocycles. The maximum absolute atomic E-state index is 6.36. The van der Waals surface area contributed by atoms with Crippen molar-refractivity contribution in [2.75, 3.05) is 6.54 Å². The minimum Gasteiger partial charge on any atom is -0.309 e. The molecule has 4 atom stereocenters. The monoisotopic (exact) mass is 283 g/mol. The van der Waals surface area contributed by atoms with Gasteiger partial charge >= 0.3 is 0 Å². The fourth-order valence-corrected chi connectivity index (χ4v) is 5.29. The number of hydrogen-bond acceptors (Lipinski definition) is 2. The molecule has 3 rings (SSSR count). The Labute approximate surface area is 119 Å². The molecule has 100 valence electrons. The molecular weight excluding hydrogens is 262 g/mol. The number of halogens is 1. The average molecular weight is 284 g/mol. The molecule has 1 aromatic rings. The van der Waals surface area contributed by atoms with Gasteiger partial charge in [0.1, 0.15) is 0 Å². The molecule has 1 aromatic heterocycles. The van der Waals surface area contributed by atoms with Gasteiger partial charge in [-0.2, -0.15) is 0 Å². The number of rotatable bonds is 5. The van der Waals surface area contributed by atoms with Crippen LogP contribution in [0.2, 0.25) is 5.02 Å². The fourth-order valence-electron chi connectivity index (χ4n) is 3.97. The Kier molecular flexibility index (Phi) is 3.97. The highest BCUT2D eigenvalue weighted by molar-refractivity contribution is 7.10. The van der Waals surface area contributed by atoms with Gasteiger partial charge in [-0.15, -0.1) is 11.3 Å². The van der Waals surface area contributed by atoms with E-state index in [1.807, 2.05) is 11.3 Å². The van der Waals surface area contributed by atoms with Crippen LogP contribution in [0.1, 0.15) is 49.9 Å². The second-order valence-corrected chi connectivity index (χ2v) is 7.26. The lowest BCUT2D eigenvalue weighted by Crippen LogP contribution is -2.31. The third kappa shape index (κ3) is 2.35. The first kappa shape index (κ1) is 13.0. The zero-order chi connectivity index (χ0) is 12.5. The molecule has 0 radical (unpaired) electrons. The lowest BCUT2D eigenvalue weighted by molar-refractivity contribution is 0.253. The van der Waals surface area contributed by atoms with Gasteiger partial charge < -0.3 is 5.32 Å². The fraction of sp³-hybridized carbons (Fsp3) is 0.733. The van der Waals surface area contributed by atoms with Crippen LogP contribution in [0, 0.1) is 17.8 Å². The van der Waals surface area contributed by atoms with Crippen LogP contribution in [-0.2, 0) is 0 Å². The summed E-state index contributed by atoms with van der Waals surface area (Å²) < 4.78 is 0. The molecule has 1 heterocycles. The van der Waals surface area contributed by atoms with Gasteiger partial charge in [0.05, 0.1) is 5.02 Å². The smallest absolute Gasteiger partial charge is 0.0561 e. The second-order valence-electron chi connectivity index (χ2n) is 5.90. The van der Waals surface area contributed by atoms with Crippen molar-refractivity contribution in [1.29, 1.82) is 0 Å². The average Bonchev–Trinajstić information content (AvgIpc) is 3.07. The Morgan fingerprint density at radius 3 is 2.89 bits per heavy atom. The Hall–Kier alpha value is -0.0500. The molecule has 1 N–H and O–H groups in total. The Bertz CT molecular complexity index is 403. The molecule has 3 heteroatoms.